The van der Waals surface area contributed by atoms with E-state index in [4.69, 9.17) is 9.47 Å². The average molecular weight is 352 g/mol. The van der Waals surface area contributed by atoms with Gasteiger partial charge in [-0.05, 0) is 30.7 Å². The number of ether oxygens (including phenoxy) is 2. The molecule has 26 heavy (non-hydrogen) atoms. The van der Waals surface area contributed by atoms with E-state index < -0.39 is 11.6 Å². The van der Waals surface area contributed by atoms with Crippen molar-refractivity contribution >= 4 is 17.5 Å². The molecule has 2 bridgehead atoms. The van der Waals surface area contributed by atoms with E-state index in [-0.39, 0.29) is 17.7 Å². The second kappa shape index (κ2) is 6.05. The number of nitrogens with one attached hydrogen (secondary N) is 2. The van der Waals surface area contributed by atoms with Gasteiger partial charge in [0.2, 0.25) is 11.8 Å². The lowest BCUT2D eigenvalue weighted by Gasteiger charge is -2.46. The molecule has 2 aliphatic rings. The van der Waals surface area contributed by atoms with Gasteiger partial charge < -0.3 is 20.1 Å². The van der Waals surface area contributed by atoms with E-state index >= 15 is 0 Å². The first-order chi connectivity index (χ1) is 12.5. The van der Waals surface area contributed by atoms with Crippen molar-refractivity contribution < 1.29 is 19.1 Å². The van der Waals surface area contributed by atoms with Gasteiger partial charge in [0.15, 0.2) is 5.72 Å². The minimum absolute atomic E-state index is 0.242. The van der Waals surface area contributed by atoms with Crippen LogP contribution in [0.3, 0.4) is 0 Å². The quantitative estimate of drug-likeness (QED) is 0.833. The van der Waals surface area contributed by atoms with E-state index in [1.165, 1.54) is 0 Å². The van der Waals surface area contributed by atoms with Crippen LogP contribution in [0, 0.1) is 5.92 Å². The lowest BCUT2D eigenvalue weighted by molar-refractivity contribution is -0.145. The van der Waals surface area contributed by atoms with Gasteiger partial charge >= 0.3 is 0 Å². The number of fused-ring (bicyclic) bond motifs is 4. The van der Waals surface area contributed by atoms with E-state index in [1.54, 1.807) is 25.3 Å². The Morgan fingerprint density at radius 1 is 1.23 bits per heavy atom. The third-order valence-electron chi connectivity index (χ3n) is 4.98. The van der Waals surface area contributed by atoms with Crippen LogP contribution in [0.2, 0.25) is 0 Å². The van der Waals surface area contributed by atoms with E-state index in [0.29, 0.717) is 23.6 Å². The normalized spacial score (nSPS) is 26.2. The Bertz CT molecular complexity index is 882. The number of piperidine rings is 1. The maximum atomic E-state index is 13.0. The molecular formula is C20H20N2O4. The van der Waals surface area contributed by atoms with Crippen LogP contribution in [0.5, 0.6) is 11.5 Å². The fourth-order valence-corrected chi connectivity index (χ4v) is 3.85. The van der Waals surface area contributed by atoms with Crippen LogP contribution in [0.4, 0.5) is 5.69 Å². The lowest BCUT2D eigenvalue weighted by atomic mass is 9.74. The number of benzene rings is 2. The standard InChI is InChI=1S/C20H20N2O4/c1-20-11-13(12-7-3-5-9-15(12)26-20)17(19(24)22-20)18(23)21-14-8-4-6-10-16(14)25-2/h3-10,13,17H,11H2,1-2H3,(H,21,23)(H,22,24). The number of amides is 2. The summed E-state index contributed by atoms with van der Waals surface area (Å²) in [5, 5.41) is 5.70. The van der Waals surface area contributed by atoms with E-state index in [9.17, 15) is 9.59 Å². The van der Waals surface area contributed by atoms with Gasteiger partial charge in [0, 0.05) is 12.3 Å². The summed E-state index contributed by atoms with van der Waals surface area (Å²) in [4.78, 5) is 25.7. The van der Waals surface area contributed by atoms with E-state index in [0.717, 1.165) is 5.56 Å². The maximum Gasteiger partial charge on any atom is 0.237 e. The SMILES string of the molecule is COc1ccccc1NC(=O)C1C(=O)NC2(C)CC1c1ccccc1O2. The highest BCUT2D eigenvalue weighted by Gasteiger charge is 2.51. The molecule has 2 N–H and O–H groups in total. The Hall–Kier alpha value is -3.02. The highest BCUT2D eigenvalue weighted by molar-refractivity contribution is 6.08. The van der Waals surface area contributed by atoms with Crippen molar-refractivity contribution in [2.24, 2.45) is 5.92 Å². The molecule has 2 heterocycles. The first kappa shape index (κ1) is 16.4. The van der Waals surface area contributed by atoms with Gasteiger partial charge in [-0.1, -0.05) is 30.3 Å². The Balaban J connectivity index is 1.68. The summed E-state index contributed by atoms with van der Waals surface area (Å²) >= 11 is 0. The van der Waals surface area contributed by atoms with Gasteiger partial charge in [-0.15, -0.1) is 0 Å². The zero-order chi connectivity index (χ0) is 18.3. The first-order valence-electron chi connectivity index (χ1n) is 8.54. The zero-order valence-electron chi connectivity index (χ0n) is 14.6. The number of hydrogen-bond acceptors (Lipinski definition) is 4. The number of carbonyl (C=O) groups excluding carboxylic acids is 2. The van der Waals surface area contributed by atoms with Crippen LogP contribution < -0.4 is 20.1 Å². The van der Waals surface area contributed by atoms with Crippen molar-refractivity contribution in [1.29, 1.82) is 0 Å². The Morgan fingerprint density at radius 2 is 1.96 bits per heavy atom. The largest absolute Gasteiger partial charge is 0.495 e. The van der Waals surface area contributed by atoms with Gasteiger partial charge in [0.05, 0.1) is 12.8 Å². The number of methoxy groups -OCH3 is 1. The molecule has 2 aromatic rings. The summed E-state index contributed by atoms with van der Waals surface area (Å²) in [5.41, 5.74) is 0.638. The lowest BCUT2D eigenvalue weighted by Crippen LogP contribution is -2.62. The molecule has 0 aliphatic carbocycles. The summed E-state index contributed by atoms with van der Waals surface area (Å²) in [6, 6.07) is 14.7. The van der Waals surface area contributed by atoms with E-state index in [2.05, 4.69) is 10.6 Å². The highest BCUT2D eigenvalue weighted by Crippen LogP contribution is 2.46. The molecule has 134 valence electrons. The minimum atomic E-state index is -0.835. The fraction of sp³-hybridized carbons (Fsp3) is 0.300. The molecule has 0 spiro atoms. The van der Waals surface area contributed by atoms with Gasteiger partial charge in [-0.2, -0.15) is 0 Å². The maximum absolute atomic E-state index is 13.0. The predicted octanol–water partition coefficient (Wildman–Crippen LogP) is 2.66. The van der Waals surface area contributed by atoms with Crippen molar-refractivity contribution in [3.8, 4) is 11.5 Å². The molecule has 0 aromatic heterocycles. The Kier molecular flexibility index (Phi) is 3.83. The zero-order valence-corrected chi connectivity index (χ0v) is 14.6. The molecule has 0 saturated carbocycles. The molecule has 1 fully saturated rings. The number of anilines is 1. The topological polar surface area (TPSA) is 76.7 Å². The van der Waals surface area contributed by atoms with Gasteiger partial charge in [0.1, 0.15) is 17.4 Å². The number of hydrogen-bond donors (Lipinski definition) is 2. The minimum Gasteiger partial charge on any atom is -0.495 e. The fourth-order valence-electron chi connectivity index (χ4n) is 3.85. The molecule has 3 unspecified atom stereocenters. The molecule has 2 aliphatic heterocycles. The molecule has 4 rings (SSSR count). The molecule has 0 radical (unpaired) electrons. The van der Waals surface area contributed by atoms with Crippen molar-refractivity contribution in [2.75, 3.05) is 12.4 Å². The summed E-state index contributed by atoms with van der Waals surface area (Å²) in [6.45, 7) is 1.84. The van der Waals surface area contributed by atoms with Gasteiger partial charge in [0.25, 0.3) is 0 Å². The van der Waals surface area contributed by atoms with Crippen LogP contribution in [-0.4, -0.2) is 24.6 Å². The molecule has 6 nitrogen and oxygen atoms in total. The molecular weight excluding hydrogens is 332 g/mol. The first-order valence-corrected chi connectivity index (χ1v) is 8.54. The third kappa shape index (κ3) is 2.67. The number of rotatable bonds is 3. The van der Waals surface area contributed by atoms with Crippen molar-refractivity contribution in [2.45, 2.75) is 25.0 Å². The van der Waals surface area contributed by atoms with Crippen LogP contribution in [-0.2, 0) is 9.59 Å². The highest BCUT2D eigenvalue weighted by atomic mass is 16.5. The molecule has 2 amide bonds. The van der Waals surface area contributed by atoms with E-state index in [1.807, 2.05) is 37.3 Å². The van der Waals surface area contributed by atoms with Crippen LogP contribution >= 0.6 is 0 Å². The second-order valence-electron chi connectivity index (χ2n) is 6.84. The molecule has 3 atom stereocenters. The van der Waals surface area contributed by atoms with Crippen LogP contribution in [0.25, 0.3) is 0 Å². The smallest absolute Gasteiger partial charge is 0.237 e. The molecule has 6 heteroatoms. The Labute approximate surface area is 151 Å². The van der Waals surface area contributed by atoms with Crippen LogP contribution in [0.15, 0.2) is 48.5 Å². The second-order valence-corrected chi connectivity index (χ2v) is 6.84. The predicted molar refractivity (Wildman–Crippen MR) is 96.1 cm³/mol. The molecule has 2 aromatic carbocycles. The average Bonchev–Trinajstić information content (AvgIpc) is 2.61. The van der Waals surface area contributed by atoms with Crippen LogP contribution in [0.1, 0.15) is 24.8 Å². The summed E-state index contributed by atoms with van der Waals surface area (Å²) in [7, 11) is 1.54. The van der Waals surface area contributed by atoms with Crippen molar-refractivity contribution in [3.63, 3.8) is 0 Å². The number of para-hydroxylation sites is 3. The Morgan fingerprint density at radius 3 is 2.77 bits per heavy atom. The van der Waals surface area contributed by atoms with Crippen molar-refractivity contribution in [1.82, 2.24) is 5.32 Å². The summed E-state index contributed by atoms with van der Waals surface area (Å²) in [5.74, 6) is -0.497. The summed E-state index contributed by atoms with van der Waals surface area (Å²) in [6.07, 6.45) is 0.541. The monoisotopic (exact) mass is 352 g/mol. The third-order valence-corrected chi connectivity index (χ3v) is 4.98. The van der Waals surface area contributed by atoms with Gasteiger partial charge in [-0.3, -0.25) is 9.59 Å². The van der Waals surface area contributed by atoms with Gasteiger partial charge in [-0.25, -0.2) is 0 Å². The molecule has 1 saturated heterocycles. The van der Waals surface area contributed by atoms with Crippen molar-refractivity contribution in [3.05, 3.63) is 54.1 Å². The number of carbonyl (C=O) groups is 2. The summed E-state index contributed by atoms with van der Waals surface area (Å²) < 4.78 is 11.2.